The summed E-state index contributed by atoms with van der Waals surface area (Å²) in [5.74, 6) is 0.986. The zero-order valence-corrected chi connectivity index (χ0v) is 15.1. The Bertz CT molecular complexity index is 641. The van der Waals surface area contributed by atoms with Crippen LogP contribution in [0, 0.1) is 0 Å². The van der Waals surface area contributed by atoms with Crippen molar-refractivity contribution in [3.8, 4) is 5.75 Å². The van der Waals surface area contributed by atoms with E-state index in [4.69, 9.17) is 4.74 Å². The van der Waals surface area contributed by atoms with Crippen molar-refractivity contribution in [3.63, 3.8) is 0 Å². The van der Waals surface area contributed by atoms with Crippen LogP contribution in [0.3, 0.4) is 0 Å². The largest absolute Gasteiger partial charge is 0.489 e. The molecule has 4 nitrogen and oxygen atoms in total. The first-order valence-corrected chi connectivity index (χ1v) is 8.55. The van der Waals surface area contributed by atoms with Crippen molar-refractivity contribution in [2.75, 3.05) is 6.54 Å². The molecule has 1 aliphatic heterocycles. The Balaban J connectivity index is 0.00000225. The lowest BCUT2D eigenvalue weighted by atomic mass is 10.1. The summed E-state index contributed by atoms with van der Waals surface area (Å²) >= 11 is 0. The van der Waals surface area contributed by atoms with E-state index in [-0.39, 0.29) is 18.3 Å². The maximum absolute atomic E-state index is 11.9. The van der Waals surface area contributed by atoms with Crippen molar-refractivity contribution in [2.45, 2.75) is 38.5 Å². The van der Waals surface area contributed by atoms with Crippen molar-refractivity contribution < 1.29 is 9.53 Å². The molecule has 3 rings (SSSR count). The predicted molar refractivity (Wildman–Crippen MR) is 102 cm³/mol. The molecule has 1 unspecified atom stereocenters. The number of amides is 1. The second-order valence-corrected chi connectivity index (χ2v) is 6.19. The van der Waals surface area contributed by atoms with Crippen LogP contribution in [0.1, 0.15) is 30.4 Å². The Labute approximate surface area is 155 Å². The van der Waals surface area contributed by atoms with Gasteiger partial charge in [-0.25, -0.2) is 0 Å². The summed E-state index contributed by atoms with van der Waals surface area (Å²) < 4.78 is 5.73. The van der Waals surface area contributed by atoms with Gasteiger partial charge in [0.05, 0.1) is 0 Å². The highest BCUT2D eigenvalue weighted by Gasteiger charge is 2.17. The topological polar surface area (TPSA) is 50.4 Å². The highest BCUT2D eigenvalue weighted by Crippen LogP contribution is 2.12. The minimum absolute atomic E-state index is 0. The van der Waals surface area contributed by atoms with E-state index in [1.54, 1.807) is 0 Å². The molecular formula is C20H25ClN2O2. The van der Waals surface area contributed by atoms with E-state index in [1.165, 1.54) is 6.42 Å². The minimum Gasteiger partial charge on any atom is -0.489 e. The van der Waals surface area contributed by atoms with Crippen LogP contribution in [0.25, 0.3) is 0 Å². The zero-order chi connectivity index (χ0) is 16.6. The first-order chi connectivity index (χ1) is 11.8. The van der Waals surface area contributed by atoms with Gasteiger partial charge in [0.15, 0.2) is 0 Å². The number of nitrogens with one attached hydrogen (secondary N) is 2. The molecule has 0 saturated carbocycles. The van der Waals surface area contributed by atoms with Gasteiger partial charge in [-0.1, -0.05) is 42.5 Å². The van der Waals surface area contributed by atoms with Crippen LogP contribution < -0.4 is 15.4 Å². The highest BCUT2D eigenvalue weighted by atomic mass is 35.5. The second kappa shape index (κ2) is 10.1. The molecule has 1 saturated heterocycles. The van der Waals surface area contributed by atoms with Crippen LogP contribution in [-0.4, -0.2) is 18.5 Å². The van der Waals surface area contributed by atoms with E-state index >= 15 is 0 Å². The van der Waals surface area contributed by atoms with Gasteiger partial charge in [0.1, 0.15) is 12.4 Å². The number of carbonyl (C=O) groups is 1. The van der Waals surface area contributed by atoms with E-state index in [0.29, 0.717) is 25.6 Å². The third-order valence-electron chi connectivity index (χ3n) is 4.26. The van der Waals surface area contributed by atoms with Crippen molar-refractivity contribution in [3.05, 3.63) is 65.7 Å². The van der Waals surface area contributed by atoms with Crippen LogP contribution in [0.15, 0.2) is 54.6 Å². The lowest BCUT2D eigenvalue weighted by Gasteiger charge is -2.11. The van der Waals surface area contributed by atoms with Gasteiger partial charge in [-0.15, -0.1) is 12.4 Å². The Morgan fingerprint density at radius 1 is 1.08 bits per heavy atom. The Morgan fingerprint density at radius 3 is 2.48 bits per heavy atom. The Hall–Kier alpha value is -2.04. The van der Waals surface area contributed by atoms with Gasteiger partial charge < -0.3 is 15.4 Å². The summed E-state index contributed by atoms with van der Waals surface area (Å²) in [6, 6.07) is 18.3. The van der Waals surface area contributed by atoms with Crippen LogP contribution in [0.5, 0.6) is 5.75 Å². The SMILES string of the molecule is Cl.O=C(CC1CCCN1)NCc1ccc(COc2ccccc2)cc1. The van der Waals surface area contributed by atoms with Crippen molar-refractivity contribution in [1.82, 2.24) is 10.6 Å². The molecule has 134 valence electrons. The average molecular weight is 361 g/mol. The van der Waals surface area contributed by atoms with Gasteiger partial charge in [0, 0.05) is 19.0 Å². The van der Waals surface area contributed by atoms with Crippen LogP contribution in [-0.2, 0) is 17.9 Å². The summed E-state index contributed by atoms with van der Waals surface area (Å²) in [5, 5.41) is 6.34. The maximum atomic E-state index is 11.9. The molecule has 2 aromatic rings. The number of hydrogen-bond acceptors (Lipinski definition) is 3. The molecule has 0 aromatic heterocycles. The molecule has 1 amide bonds. The summed E-state index contributed by atoms with van der Waals surface area (Å²) in [4.78, 5) is 11.9. The van der Waals surface area contributed by atoms with Gasteiger partial charge in [-0.2, -0.15) is 0 Å². The van der Waals surface area contributed by atoms with Crippen LogP contribution >= 0.6 is 12.4 Å². The molecule has 1 aliphatic rings. The lowest BCUT2D eigenvalue weighted by Crippen LogP contribution is -2.31. The van der Waals surface area contributed by atoms with Gasteiger partial charge in [-0.05, 0) is 42.6 Å². The summed E-state index contributed by atoms with van der Waals surface area (Å²) in [6.45, 7) is 2.15. The van der Waals surface area contributed by atoms with Crippen molar-refractivity contribution in [2.24, 2.45) is 0 Å². The van der Waals surface area contributed by atoms with Gasteiger partial charge in [0.2, 0.25) is 5.91 Å². The minimum atomic E-state index is 0. The maximum Gasteiger partial charge on any atom is 0.221 e. The fourth-order valence-corrected chi connectivity index (χ4v) is 2.86. The number of carbonyl (C=O) groups excluding carboxylic acids is 1. The standard InChI is InChI=1S/C20H24N2O2.ClH/c23-20(13-18-5-4-12-21-18)22-14-16-8-10-17(11-9-16)15-24-19-6-2-1-3-7-19;/h1-3,6-11,18,21H,4-5,12-15H2,(H,22,23);1H. The third kappa shape index (κ3) is 6.40. The van der Waals surface area contributed by atoms with Crippen LogP contribution in [0.2, 0.25) is 0 Å². The Morgan fingerprint density at radius 2 is 1.80 bits per heavy atom. The number of ether oxygens (including phenoxy) is 1. The third-order valence-corrected chi connectivity index (χ3v) is 4.26. The molecule has 5 heteroatoms. The second-order valence-electron chi connectivity index (χ2n) is 6.19. The quantitative estimate of drug-likeness (QED) is 0.795. The van der Waals surface area contributed by atoms with E-state index in [2.05, 4.69) is 10.6 Å². The summed E-state index contributed by atoms with van der Waals surface area (Å²) in [7, 11) is 0. The van der Waals surface area contributed by atoms with E-state index in [0.717, 1.165) is 29.8 Å². The highest BCUT2D eigenvalue weighted by molar-refractivity contribution is 5.85. The Kier molecular flexibility index (Phi) is 7.76. The number of halogens is 1. The molecule has 2 N–H and O–H groups in total. The molecule has 0 aliphatic carbocycles. The summed E-state index contributed by atoms with van der Waals surface area (Å²) in [5.41, 5.74) is 2.22. The molecule has 2 aromatic carbocycles. The molecule has 1 fully saturated rings. The molecular weight excluding hydrogens is 336 g/mol. The first-order valence-electron chi connectivity index (χ1n) is 8.55. The number of benzene rings is 2. The number of para-hydroxylation sites is 1. The monoisotopic (exact) mass is 360 g/mol. The van der Waals surface area contributed by atoms with Crippen molar-refractivity contribution >= 4 is 18.3 Å². The zero-order valence-electron chi connectivity index (χ0n) is 14.2. The van der Waals surface area contributed by atoms with Gasteiger partial charge >= 0.3 is 0 Å². The summed E-state index contributed by atoms with van der Waals surface area (Å²) in [6.07, 6.45) is 2.84. The van der Waals surface area contributed by atoms with Crippen LogP contribution in [0.4, 0.5) is 0 Å². The van der Waals surface area contributed by atoms with Gasteiger partial charge in [0.25, 0.3) is 0 Å². The lowest BCUT2D eigenvalue weighted by molar-refractivity contribution is -0.121. The molecule has 0 spiro atoms. The molecule has 25 heavy (non-hydrogen) atoms. The van der Waals surface area contributed by atoms with E-state index in [1.807, 2.05) is 54.6 Å². The first kappa shape index (κ1) is 19.3. The molecule has 0 bridgehead atoms. The van der Waals surface area contributed by atoms with E-state index < -0.39 is 0 Å². The molecule has 1 atom stereocenters. The number of rotatable bonds is 7. The van der Waals surface area contributed by atoms with Crippen molar-refractivity contribution in [1.29, 1.82) is 0 Å². The average Bonchev–Trinajstić information content (AvgIpc) is 3.13. The number of hydrogen-bond donors (Lipinski definition) is 2. The normalized spacial score (nSPS) is 16.1. The fourth-order valence-electron chi connectivity index (χ4n) is 2.86. The molecule has 1 heterocycles. The van der Waals surface area contributed by atoms with Gasteiger partial charge in [-0.3, -0.25) is 4.79 Å². The molecule has 0 radical (unpaired) electrons. The smallest absolute Gasteiger partial charge is 0.221 e. The predicted octanol–water partition coefficient (Wildman–Crippen LogP) is 3.45. The van der Waals surface area contributed by atoms with E-state index in [9.17, 15) is 4.79 Å². The fraction of sp³-hybridized carbons (Fsp3) is 0.350.